The van der Waals surface area contributed by atoms with Crippen LogP contribution in [-0.2, 0) is 4.79 Å². The van der Waals surface area contributed by atoms with Crippen LogP contribution in [-0.4, -0.2) is 43.4 Å². The van der Waals surface area contributed by atoms with Gasteiger partial charge in [-0.25, -0.2) is 0 Å². The zero-order valence-corrected chi connectivity index (χ0v) is 13.0. The number of rotatable bonds is 6. The monoisotopic (exact) mass is 266 g/mol. The summed E-state index contributed by atoms with van der Waals surface area (Å²) in [5, 5.41) is 3.35. The summed E-state index contributed by atoms with van der Waals surface area (Å²) in [4.78, 5) is 14.7. The number of hydrogen-bond donors (Lipinski definition) is 1. The molecule has 110 valence electrons. The van der Waals surface area contributed by atoms with Crippen LogP contribution in [0.25, 0.3) is 0 Å². The molecule has 1 fully saturated rings. The van der Waals surface area contributed by atoms with E-state index in [-0.39, 0.29) is 11.3 Å². The number of allylic oxidation sites excluding steroid dienone is 1. The van der Waals surface area contributed by atoms with Crippen LogP contribution >= 0.6 is 0 Å². The van der Waals surface area contributed by atoms with Crippen molar-refractivity contribution in [2.45, 2.75) is 40.5 Å². The number of carbonyl (C=O) groups is 1. The first-order chi connectivity index (χ1) is 8.95. The van der Waals surface area contributed by atoms with Crippen LogP contribution in [0.5, 0.6) is 0 Å². The van der Waals surface area contributed by atoms with E-state index >= 15 is 0 Å². The van der Waals surface area contributed by atoms with Gasteiger partial charge in [0.2, 0.25) is 0 Å². The third kappa shape index (κ3) is 5.87. The molecule has 1 saturated heterocycles. The summed E-state index contributed by atoms with van der Waals surface area (Å²) in [6.07, 6.45) is 6.25. The van der Waals surface area contributed by atoms with Crippen LogP contribution in [0.4, 0.5) is 0 Å². The van der Waals surface area contributed by atoms with Crippen LogP contribution in [0.2, 0.25) is 0 Å². The highest BCUT2D eigenvalue weighted by molar-refractivity contribution is 5.86. The number of Topliss-reactive ketones (excluding diaryl/α,β-unsaturated/α-hetero) is 1. The smallest absolute Gasteiger partial charge is 0.141 e. The average molecular weight is 266 g/mol. The largest absolute Gasteiger partial charge is 0.314 e. The molecule has 3 heteroatoms. The summed E-state index contributed by atoms with van der Waals surface area (Å²) in [5.41, 5.74) is -0.215. The van der Waals surface area contributed by atoms with Crippen molar-refractivity contribution >= 4 is 5.78 Å². The van der Waals surface area contributed by atoms with Crippen molar-refractivity contribution in [3.05, 3.63) is 12.2 Å². The summed E-state index contributed by atoms with van der Waals surface area (Å²) in [5.74, 6) is 0.570. The van der Waals surface area contributed by atoms with Crippen LogP contribution in [0.1, 0.15) is 40.5 Å². The zero-order valence-electron chi connectivity index (χ0n) is 13.0. The topological polar surface area (TPSA) is 32.3 Å². The maximum absolute atomic E-state index is 12.2. The Balaban J connectivity index is 2.34. The van der Waals surface area contributed by atoms with Crippen molar-refractivity contribution in [1.29, 1.82) is 0 Å². The van der Waals surface area contributed by atoms with Crippen molar-refractivity contribution < 1.29 is 4.79 Å². The zero-order chi connectivity index (χ0) is 14.3. The molecule has 0 aliphatic carbocycles. The molecule has 1 heterocycles. The molecule has 1 aliphatic heterocycles. The summed E-state index contributed by atoms with van der Waals surface area (Å²) in [6.45, 7) is 13.6. The highest BCUT2D eigenvalue weighted by Crippen LogP contribution is 2.24. The molecular weight excluding hydrogens is 236 g/mol. The molecule has 0 amide bonds. The Bertz CT molecular complexity index is 298. The minimum absolute atomic E-state index is 0.180. The predicted octanol–water partition coefficient (Wildman–Crippen LogP) is 2.48. The molecule has 0 aromatic heterocycles. The average Bonchev–Trinajstić information content (AvgIpc) is 2.38. The molecule has 0 saturated carbocycles. The Morgan fingerprint density at radius 1 is 1.26 bits per heavy atom. The Hall–Kier alpha value is -0.670. The highest BCUT2D eigenvalue weighted by atomic mass is 16.1. The summed E-state index contributed by atoms with van der Waals surface area (Å²) >= 11 is 0. The number of ketones is 1. The van der Waals surface area contributed by atoms with E-state index in [1.165, 1.54) is 0 Å². The molecule has 0 spiro atoms. The lowest BCUT2D eigenvalue weighted by Crippen LogP contribution is -2.43. The first kappa shape index (κ1) is 16.4. The molecule has 3 nitrogen and oxygen atoms in total. The van der Waals surface area contributed by atoms with Gasteiger partial charge in [0.1, 0.15) is 5.78 Å². The maximum atomic E-state index is 12.2. The standard InChI is InChI=1S/C16H30N2O/c1-5-14(15(19)16(2,3)4)8-6-7-11-18-12-9-17-10-13-18/h6-7,14,17H,5,8-13H2,1-4H3/b7-6+/t14-/m1/s1. The lowest BCUT2D eigenvalue weighted by atomic mass is 9.80. The third-order valence-corrected chi connectivity index (χ3v) is 3.76. The Morgan fingerprint density at radius 2 is 1.89 bits per heavy atom. The van der Waals surface area contributed by atoms with Crippen molar-refractivity contribution in [3.63, 3.8) is 0 Å². The van der Waals surface area contributed by atoms with Gasteiger partial charge in [-0.15, -0.1) is 0 Å². The van der Waals surface area contributed by atoms with Gasteiger partial charge < -0.3 is 5.32 Å². The Labute approximate surface area is 118 Å². The maximum Gasteiger partial charge on any atom is 0.141 e. The van der Waals surface area contributed by atoms with E-state index in [4.69, 9.17) is 0 Å². The summed E-state index contributed by atoms with van der Waals surface area (Å²) in [6, 6.07) is 0. The van der Waals surface area contributed by atoms with Gasteiger partial charge in [0.15, 0.2) is 0 Å². The van der Waals surface area contributed by atoms with E-state index in [9.17, 15) is 4.79 Å². The summed E-state index contributed by atoms with van der Waals surface area (Å²) in [7, 11) is 0. The van der Waals surface area contributed by atoms with Crippen LogP contribution in [0, 0.1) is 11.3 Å². The van der Waals surface area contributed by atoms with E-state index in [0.717, 1.165) is 45.6 Å². The molecule has 0 unspecified atom stereocenters. The first-order valence-electron chi connectivity index (χ1n) is 7.57. The normalized spacial score (nSPS) is 19.8. The van der Waals surface area contributed by atoms with Crippen molar-refractivity contribution in [3.8, 4) is 0 Å². The van der Waals surface area contributed by atoms with Gasteiger partial charge in [0, 0.05) is 44.1 Å². The molecule has 0 radical (unpaired) electrons. The molecule has 1 N–H and O–H groups in total. The predicted molar refractivity (Wildman–Crippen MR) is 81.3 cm³/mol. The minimum atomic E-state index is -0.215. The minimum Gasteiger partial charge on any atom is -0.314 e. The fourth-order valence-electron chi connectivity index (χ4n) is 2.45. The highest BCUT2D eigenvalue weighted by Gasteiger charge is 2.27. The fraction of sp³-hybridized carbons (Fsp3) is 0.812. The Morgan fingerprint density at radius 3 is 2.42 bits per heavy atom. The van der Waals surface area contributed by atoms with Crippen molar-refractivity contribution in [2.24, 2.45) is 11.3 Å². The van der Waals surface area contributed by atoms with E-state index in [2.05, 4.69) is 29.3 Å². The second-order valence-electron chi connectivity index (χ2n) is 6.48. The number of piperazine rings is 1. The second-order valence-corrected chi connectivity index (χ2v) is 6.48. The molecule has 1 atom stereocenters. The van der Waals surface area contributed by atoms with Crippen LogP contribution in [0.3, 0.4) is 0 Å². The first-order valence-corrected chi connectivity index (χ1v) is 7.57. The van der Waals surface area contributed by atoms with Gasteiger partial charge in [-0.05, 0) is 12.8 Å². The molecule has 19 heavy (non-hydrogen) atoms. The molecule has 0 bridgehead atoms. The van der Waals surface area contributed by atoms with Crippen LogP contribution in [0.15, 0.2) is 12.2 Å². The fourth-order valence-corrected chi connectivity index (χ4v) is 2.45. The van der Waals surface area contributed by atoms with Gasteiger partial charge in [-0.2, -0.15) is 0 Å². The van der Waals surface area contributed by atoms with Gasteiger partial charge >= 0.3 is 0 Å². The van der Waals surface area contributed by atoms with Gasteiger partial charge in [-0.3, -0.25) is 9.69 Å². The molecule has 0 aromatic rings. The van der Waals surface area contributed by atoms with E-state index in [1.54, 1.807) is 0 Å². The molecule has 1 aliphatic rings. The third-order valence-electron chi connectivity index (χ3n) is 3.76. The quantitative estimate of drug-likeness (QED) is 0.750. The van der Waals surface area contributed by atoms with Gasteiger partial charge in [-0.1, -0.05) is 39.8 Å². The van der Waals surface area contributed by atoms with Crippen LogP contribution < -0.4 is 5.32 Å². The molecule has 0 aromatic carbocycles. The number of nitrogens with one attached hydrogen (secondary N) is 1. The van der Waals surface area contributed by atoms with E-state index in [0.29, 0.717) is 5.78 Å². The van der Waals surface area contributed by atoms with Crippen molar-refractivity contribution in [1.82, 2.24) is 10.2 Å². The second kappa shape index (κ2) is 7.81. The lowest BCUT2D eigenvalue weighted by Gasteiger charge is -2.26. The summed E-state index contributed by atoms with van der Waals surface area (Å²) < 4.78 is 0. The van der Waals surface area contributed by atoms with Gasteiger partial charge in [0.05, 0.1) is 0 Å². The Kier molecular flexibility index (Phi) is 6.73. The van der Waals surface area contributed by atoms with E-state index in [1.807, 2.05) is 20.8 Å². The number of nitrogens with zero attached hydrogens (tertiary/aromatic N) is 1. The number of hydrogen-bond acceptors (Lipinski definition) is 3. The van der Waals surface area contributed by atoms with E-state index < -0.39 is 0 Å². The van der Waals surface area contributed by atoms with Crippen molar-refractivity contribution in [2.75, 3.05) is 32.7 Å². The number of carbonyl (C=O) groups excluding carboxylic acids is 1. The molecular formula is C16H30N2O. The van der Waals surface area contributed by atoms with Gasteiger partial charge in [0.25, 0.3) is 0 Å². The SMILES string of the molecule is CC[C@H](C/C=C/CN1CCNCC1)C(=O)C(C)(C)C. The molecule has 1 rings (SSSR count). The lowest BCUT2D eigenvalue weighted by molar-refractivity contribution is -0.130.